The molecule has 0 aliphatic rings. The zero-order valence-electron chi connectivity index (χ0n) is 10.3. The highest BCUT2D eigenvalue weighted by Gasteiger charge is 2.05. The Kier molecular flexibility index (Phi) is 5.87. The summed E-state index contributed by atoms with van der Waals surface area (Å²) < 4.78 is 5.00. The quantitative estimate of drug-likeness (QED) is 0.538. The lowest BCUT2D eigenvalue weighted by atomic mass is 10.1. The highest BCUT2D eigenvalue weighted by Crippen LogP contribution is 2.11. The largest absolute Gasteiger partial charge is 0.497 e. The summed E-state index contributed by atoms with van der Waals surface area (Å²) in [5.74, 6) is -0.132. The second kappa shape index (κ2) is 7.45. The number of Topliss-reactive ketones (excluding diaryl/α,β-unsaturated/α-hetero) is 1. The van der Waals surface area contributed by atoms with Gasteiger partial charge in [0.1, 0.15) is 5.75 Å². The van der Waals surface area contributed by atoms with Crippen molar-refractivity contribution in [3.8, 4) is 5.75 Å². The van der Waals surface area contributed by atoms with E-state index in [1.54, 1.807) is 31.4 Å². The van der Waals surface area contributed by atoms with E-state index in [2.05, 4.69) is 5.32 Å². The Bertz CT molecular complexity index is 400. The molecule has 0 bridgehead atoms. The Morgan fingerprint density at radius 3 is 2.50 bits per heavy atom. The van der Waals surface area contributed by atoms with Crippen molar-refractivity contribution >= 4 is 11.8 Å². The van der Waals surface area contributed by atoms with Crippen molar-refractivity contribution in [2.45, 2.75) is 12.8 Å². The van der Waals surface area contributed by atoms with Crippen LogP contribution in [0.2, 0.25) is 0 Å². The average molecular weight is 251 g/mol. The van der Waals surface area contributed by atoms with Crippen LogP contribution in [0.25, 0.3) is 0 Å². The molecule has 18 heavy (non-hydrogen) atoms. The third-order valence-corrected chi connectivity index (χ3v) is 2.44. The Labute approximate surface area is 106 Å². The molecule has 1 rings (SSSR count). The van der Waals surface area contributed by atoms with E-state index in [-0.39, 0.29) is 18.7 Å². The standard InChI is InChI=1S/C13H17NO4/c1-18-11-6-4-10(5-7-11)12(15)9-14-8-2-3-13(16)17/h4-7,14H,2-3,8-9H2,1H3,(H,16,17). The van der Waals surface area contributed by atoms with E-state index in [0.717, 1.165) is 0 Å². The van der Waals surface area contributed by atoms with Crippen LogP contribution in [0.15, 0.2) is 24.3 Å². The smallest absolute Gasteiger partial charge is 0.303 e. The second-order valence-corrected chi connectivity index (χ2v) is 3.83. The monoisotopic (exact) mass is 251 g/mol. The molecule has 0 atom stereocenters. The van der Waals surface area contributed by atoms with Gasteiger partial charge in [-0.05, 0) is 37.2 Å². The number of carboxylic acids is 1. The van der Waals surface area contributed by atoms with Gasteiger partial charge in [0, 0.05) is 12.0 Å². The summed E-state index contributed by atoms with van der Waals surface area (Å²) in [6, 6.07) is 6.88. The van der Waals surface area contributed by atoms with Crippen LogP contribution in [0, 0.1) is 0 Å². The highest BCUT2D eigenvalue weighted by atomic mass is 16.5. The number of ketones is 1. The molecule has 0 aromatic heterocycles. The minimum Gasteiger partial charge on any atom is -0.497 e. The maximum absolute atomic E-state index is 11.7. The molecule has 0 spiro atoms. The van der Waals surface area contributed by atoms with Crippen LogP contribution in [-0.2, 0) is 4.79 Å². The predicted octanol–water partition coefficient (Wildman–Crippen LogP) is 1.33. The molecule has 0 saturated carbocycles. The van der Waals surface area contributed by atoms with Crippen LogP contribution in [0.1, 0.15) is 23.2 Å². The second-order valence-electron chi connectivity index (χ2n) is 3.83. The molecule has 98 valence electrons. The molecule has 1 aromatic carbocycles. The summed E-state index contributed by atoms with van der Waals surface area (Å²) in [6.45, 7) is 0.736. The Hall–Kier alpha value is -1.88. The number of carbonyl (C=O) groups excluding carboxylic acids is 1. The van der Waals surface area contributed by atoms with E-state index in [4.69, 9.17) is 9.84 Å². The molecule has 0 aliphatic carbocycles. The first-order valence-electron chi connectivity index (χ1n) is 5.73. The van der Waals surface area contributed by atoms with Crippen molar-refractivity contribution < 1.29 is 19.4 Å². The van der Waals surface area contributed by atoms with Crippen molar-refractivity contribution in [3.05, 3.63) is 29.8 Å². The summed E-state index contributed by atoms with van der Waals surface area (Å²) >= 11 is 0. The van der Waals surface area contributed by atoms with Gasteiger partial charge < -0.3 is 15.2 Å². The highest BCUT2D eigenvalue weighted by molar-refractivity contribution is 5.97. The average Bonchev–Trinajstić information content (AvgIpc) is 2.38. The van der Waals surface area contributed by atoms with Crippen molar-refractivity contribution in [3.63, 3.8) is 0 Å². The molecule has 1 aromatic rings. The van der Waals surface area contributed by atoms with Crippen LogP contribution < -0.4 is 10.1 Å². The van der Waals surface area contributed by atoms with Gasteiger partial charge in [-0.1, -0.05) is 0 Å². The first kappa shape index (κ1) is 14.2. The number of hydrogen-bond acceptors (Lipinski definition) is 4. The third kappa shape index (κ3) is 4.97. The lowest BCUT2D eigenvalue weighted by Crippen LogP contribution is -2.24. The number of aliphatic carboxylic acids is 1. The molecule has 0 unspecified atom stereocenters. The third-order valence-electron chi connectivity index (χ3n) is 2.44. The maximum Gasteiger partial charge on any atom is 0.303 e. The number of carboxylic acid groups (broad SMARTS) is 1. The lowest BCUT2D eigenvalue weighted by molar-refractivity contribution is -0.137. The summed E-state index contributed by atoms with van der Waals surface area (Å²) in [5.41, 5.74) is 0.613. The van der Waals surface area contributed by atoms with Crippen LogP contribution in [0.3, 0.4) is 0 Å². The fraction of sp³-hybridized carbons (Fsp3) is 0.385. The van der Waals surface area contributed by atoms with Gasteiger partial charge in [0.2, 0.25) is 0 Å². The SMILES string of the molecule is COc1ccc(C(=O)CNCCCC(=O)O)cc1. The maximum atomic E-state index is 11.7. The zero-order valence-corrected chi connectivity index (χ0v) is 10.3. The summed E-state index contributed by atoms with van der Waals surface area (Å²) in [4.78, 5) is 22.0. The van der Waals surface area contributed by atoms with Gasteiger partial charge in [-0.2, -0.15) is 0 Å². The van der Waals surface area contributed by atoms with Crippen LogP contribution in [0.5, 0.6) is 5.75 Å². The molecule has 5 heteroatoms. The van der Waals surface area contributed by atoms with Gasteiger partial charge in [0.15, 0.2) is 5.78 Å². The number of benzene rings is 1. The van der Waals surface area contributed by atoms with E-state index in [1.165, 1.54) is 0 Å². The predicted molar refractivity (Wildman–Crippen MR) is 67.1 cm³/mol. The van der Waals surface area contributed by atoms with Gasteiger partial charge in [-0.25, -0.2) is 0 Å². The number of hydrogen-bond donors (Lipinski definition) is 2. The Morgan fingerprint density at radius 2 is 1.94 bits per heavy atom. The molecule has 0 fully saturated rings. The minimum absolute atomic E-state index is 0.0204. The molecule has 2 N–H and O–H groups in total. The number of ether oxygens (including phenoxy) is 1. The number of methoxy groups -OCH3 is 1. The van der Waals surface area contributed by atoms with Crippen molar-refractivity contribution in [2.75, 3.05) is 20.2 Å². The molecular formula is C13H17NO4. The van der Waals surface area contributed by atoms with Gasteiger partial charge >= 0.3 is 5.97 Å². The van der Waals surface area contributed by atoms with Gasteiger partial charge in [-0.3, -0.25) is 9.59 Å². The normalized spacial score (nSPS) is 10.1. The van der Waals surface area contributed by atoms with E-state index < -0.39 is 5.97 Å². The number of rotatable bonds is 8. The van der Waals surface area contributed by atoms with E-state index in [1.807, 2.05) is 0 Å². The first-order valence-corrected chi connectivity index (χ1v) is 5.73. The Balaban J connectivity index is 2.29. The molecule has 0 radical (unpaired) electrons. The summed E-state index contributed by atoms with van der Waals surface area (Å²) in [7, 11) is 1.57. The van der Waals surface area contributed by atoms with E-state index >= 15 is 0 Å². The lowest BCUT2D eigenvalue weighted by Gasteiger charge is -2.04. The van der Waals surface area contributed by atoms with Gasteiger partial charge in [0.05, 0.1) is 13.7 Å². The van der Waals surface area contributed by atoms with Crippen LogP contribution >= 0.6 is 0 Å². The molecule has 0 saturated heterocycles. The van der Waals surface area contributed by atoms with Crippen LogP contribution in [0.4, 0.5) is 0 Å². The Morgan fingerprint density at radius 1 is 1.28 bits per heavy atom. The number of carbonyl (C=O) groups is 2. The molecule has 5 nitrogen and oxygen atoms in total. The molecule has 0 heterocycles. The van der Waals surface area contributed by atoms with Crippen molar-refractivity contribution in [1.82, 2.24) is 5.32 Å². The molecular weight excluding hydrogens is 234 g/mol. The first-order chi connectivity index (χ1) is 8.63. The van der Waals surface area contributed by atoms with Crippen molar-refractivity contribution in [2.24, 2.45) is 0 Å². The van der Waals surface area contributed by atoms with Gasteiger partial charge in [-0.15, -0.1) is 0 Å². The molecule has 0 aliphatic heterocycles. The fourth-order valence-corrected chi connectivity index (χ4v) is 1.45. The van der Waals surface area contributed by atoms with Gasteiger partial charge in [0.25, 0.3) is 0 Å². The van der Waals surface area contributed by atoms with E-state index in [9.17, 15) is 9.59 Å². The summed E-state index contributed by atoms with van der Waals surface area (Å²) in [5, 5.41) is 11.4. The van der Waals surface area contributed by atoms with E-state index in [0.29, 0.717) is 24.3 Å². The fourth-order valence-electron chi connectivity index (χ4n) is 1.45. The zero-order chi connectivity index (χ0) is 13.4. The van der Waals surface area contributed by atoms with Crippen LogP contribution in [-0.4, -0.2) is 37.1 Å². The number of nitrogens with one attached hydrogen (secondary N) is 1. The molecule has 0 amide bonds. The minimum atomic E-state index is -0.821. The van der Waals surface area contributed by atoms with Crippen molar-refractivity contribution in [1.29, 1.82) is 0 Å². The summed E-state index contributed by atoms with van der Waals surface area (Å²) in [6.07, 6.45) is 0.634. The topological polar surface area (TPSA) is 75.6 Å².